The van der Waals surface area contributed by atoms with Gasteiger partial charge >= 0.3 is 0 Å². The zero-order chi connectivity index (χ0) is 25.2. The van der Waals surface area contributed by atoms with Gasteiger partial charge in [-0.05, 0) is 56.2 Å². The molecule has 0 bridgehead atoms. The van der Waals surface area contributed by atoms with E-state index in [1.54, 1.807) is 17.0 Å². The monoisotopic (exact) mass is 487 g/mol. The maximum Gasteiger partial charge on any atom is 0.230 e. The van der Waals surface area contributed by atoms with E-state index in [9.17, 15) is 14.4 Å². The minimum atomic E-state index is -0.314. The Morgan fingerprint density at radius 3 is 2.39 bits per heavy atom. The Bertz CT molecular complexity index is 1260. The highest BCUT2D eigenvalue weighted by molar-refractivity contribution is 6.00. The Hall–Kier alpha value is -4.01. The molecule has 5 rings (SSSR count). The number of nitrogens with one attached hydrogen (secondary N) is 1. The molecular weight excluding hydrogens is 458 g/mol. The van der Waals surface area contributed by atoms with Crippen LogP contribution >= 0.6 is 0 Å². The normalized spacial score (nSPS) is 18.5. The van der Waals surface area contributed by atoms with Crippen LogP contribution < -0.4 is 10.2 Å². The first-order valence-corrected chi connectivity index (χ1v) is 12.2. The standard InChI is InChI=1S/C27H29N5O4/c1-17-3-9-23(10-4-17)32-16-21(15-24(32)34)27(35)31-13-11-20(12-14-31)26-29-25(30-36-26)19-5-7-22(8-6-19)28-18(2)33/h3-10,20-21H,11-16H2,1-2H3,(H,28,33). The summed E-state index contributed by atoms with van der Waals surface area (Å²) >= 11 is 0. The summed E-state index contributed by atoms with van der Waals surface area (Å²) in [6.45, 7) is 5.09. The highest BCUT2D eigenvalue weighted by Crippen LogP contribution is 2.31. The number of carbonyl (C=O) groups excluding carboxylic acids is 3. The van der Waals surface area contributed by atoms with Crippen LogP contribution in [-0.4, -0.2) is 52.4 Å². The molecule has 1 atom stereocenters. The summed E-state index contributed by atoms with van der Waals surface area (Å²) < 4.78 is 5.55. The summed E-state index contributed by atoms with van der Waals surface area (Å²) in [5, 5.41) is 6.86. The summed E-state index contributed by atoms with van der Waals surface area (Å²) in [5.41, 5.74) is 3.49. The molecule has 36 heavy (non-hydrogen) atoms. The van der Waals surface area contributed by atoms with Crippen molar-refractivity contribution in [2.24, 2.45) is 5.92 Å². The van der Waals surface area contributed by atoms with Gasteiger partial charge in [-0.1, -0.05) is 22.9 Å². The SMILES string of the molecule is CC(=O)Nc1ccc(-c2noc(C3CCN(C(=O)C4CC(=O)N(c5ccc(C)cc5)C4)CC3)n2)cc1. The first-order chi connectivity index (χ1) is 17.4. The second-order valence-corrected chi connectivity index (χ2v) is 9.56. The van der Waals surface area contributed by atoms with E-state index < -0.39 is 0 Å². The van der Waals surface area contributed by atoms with E-state index in [1.807, 2.05) is 48.2 Å². The van der Waals surface area contributed by atoms with Crippen molar-refractivity contribution in [3.05, 3.63) is 60.0 Å². The number of benzene rings is 2. The van der Waals surface area contributed by atoms with Crippen molar-refractivity contribution in [3.63, 3.8) is 0 Å². The Kier molecular flexibility index (Phi) is 6.54. The topological polar surface area (TPSA) is 109 Å². The average Bonchev–Trinajstić information content (AvgIpc) is 3.52. The molecule has 2 saturated heterocycles. The van der Waals surface area contributed by atoms with Gasteiger partial charge in [0.15, 0.2) is 0 Å². The minimum Gasteiger partial charge on any atom is -0.342 e. The number of hydrogen-bond donors (Lipinski definition) is 1. The summed E-state index contributed by atoms with van der Waals surface area (Å²) in [5.74, 6) is 0.757. The number of anilines is 2. The number of likely N-dealkylation sites (tertiary alicyclic amines) is 1. The van der Waals surface area contributed by atoms with Gasteiger partial charge < -0.3 is 19.6 Å². The van der Waals surface area contributed by atoms with E-state index in [0.717, 1.165) is 29.7 Å². The summed E-state index contributed by atoms with van der Waals surface area (Å²) in [6, 6.07) is 15.1. The molecule has 1 N–H and O–H groups in total. The number of piperidine rings is 1. The molecule has 2 aliphatic rings. The lowest BCUT2D eigenvalue weighted by atomic mass is 9.95. The largest absolute Gasteiger partial charge is 0.342 e. The Balaban J connectivity index is 1.16. The Morgan fingerprint density at radius 2 is 1.72 bits per heavy atom. The molecule has 2 aromatic carbocycles. The molecule has 186 valence electrons. The van der Waals surface area contributed by atoms with E-state index in [1.165, 1.54) is 6.92 Å². The zero-order valence-corrected chi connectivity index (χ0v) is 20.4. The zero-order valence-electron chi connectivity index (χ0n) is 20.4. The van der Waals surface area contributed by atoms with Crippen LogP contribution in [0.25, 0.3) is 11.4 Å². The number of aryl methyl sites for hydroxylation is 1. The van der Waals surface area contributed by atoms with Crippen molar-refractivity contribution in [2.45, 2.75) is 39.0 Å². The molecule has 3 heterocycles. The number of rotatable bonds is 5. The van der Waals surface area contributed by atoms with Crippen molar-refractivity contribution in [3.8, 4) is 11.4 Å². The second kappa shape index (κ2) is 9.93. The highest BCUT2D eigenvalue weighted by atomic mass is 16.5. The van der Waals surface area contributed by atoms with Crippen molar-refractivity contribution in [1.82, 2.24) is 15.0 Å². The van der Waals surface area contributed by atoms with Crippen LogP contribution in [0.2, 0.25) is 0 Å². The molecule has 2 aliphatic heterocycles. The van der Waals surface area contributed by atoms with Gasteiger partial charge in [-0.3, -0.25) is 14.4 Å². The van der Waals surface area contributed by atoms with E-state index in [4.69, 9.17) is 4.52 Å². The van der Waals surface area contributed by atoms with Gasteiger partial charge in [-0.15, -0.1) is 0 Å². The highest BCUT2D eigenvalue weighted by Gasteiger charge is 2.38. The minimum absolute atomic E-state index is 0.00409. The van der Waals surface area contributed by atoms with E-state index in [-0.39, 0.29) is 36.0 Å². The van der Waals surface area contributed by atoms with Crippen LogP contribution in [0.1, 0.15) is 43.6 Å². The predicted octanol–water partition coefficient (Wildman–Crippen LogP) is 3.76. The van der Waals surface area contributed by atoms with E-state index in [0.29, 0.717) is 37.0 Å². The fraction of sp³-hybridized carbons (Fsp3) is 0.370. The summed E-state index contributed by atoms with van der Waals surface area (Å²) in [6.07, 6.45) is 1.72. The molecule has 3 amide bonds. The molecule has 0 aliphatic carbocycles. The molecular formula is C27H29N5O4. The van der Waals surface area contributed by atoms with Gasteiger partial charge in [0.25, 0.3) is 0 Å². The van der Waals surface area contributed by atoms with Crippen LogP contribution in [-0.2, 0) is 14.4 Å². The van der Waals surface area contributed by atoms with Gasteiger partial charge in [0, 0.05) is 55.8 Å². The molecule has 9 heteroatoms. The third kappa shape index (κ3) is 5.00. The predicted molar refractivity (Wildman–Crippen MR) is 134 cm³/mol. The van der Waals surface area contributed by atoms with Crippen LogP contribution in [0.4, 0.5) is 11.4 Å². The fourth-order valence-electron chi connectivity index (χ4n) is 4.88. The van der Waals surface area contributed by atoms with Crippen LogP contribution in [0.3, 0.4) is 0 Å². The molecule has 0 saturated carbocycles. The number of aromatic nitrogens is 2. The number of carbonyl (C=O) groups is 3. The second-order valence-electron chi connectivity index (χ2n) is 9.56. The third-order valence-electron chi connectivity index (χ3n) is 6.88. The lowest BCUT2D eigenvalue weighted by Gasteiger charge is -2.32. The third-order valence-corrected chi connectivity index (χ3v) is 6.88. The summed E-state index contributed by atoms with van der Waals surface area (Å²) in [7, 11) is 0. The smallest absolute Gasteiger partial charge is 0.230 e. The molecule has 0 radical (unpaired) electrons. The van der Waals surface area contributed by atoms with Crippen LogP contribution in [0.5, 0.6) is 0 Å². The first-order valence-electron chi connectivity index (χ1n) is 12.2. The molecule has 0 spiro atoms. The van der Waals surface area contributed by atoms with Crippen molar-refractivity contribution in [1.29, 1.82) is 0 Å². The van der Waals surface area contributed by atoms with E-state index >= 15 is 0 Å². The van der Waals surface area contributed by atoms with Crippen molar-refractivity contribution >= 4 is 29.1 Å². The number of nitrogens with zero attached hydrogens (tertiary/aromatic N) is 4. The van der Waals surface area contributed by atoms with Gasteiger partial charge in [0.1, 0.15) is 0 Å². The van der Waals surface area contributed by atoms with Crippen LogP contribution in [0, 0.1) is 12.8 Å². The Morgan fingerprint density at radius 1 is 1.03 bits per heavy atom. The molecule has 9 nitrogen and oxygen atoms in total. The van der Waals surface area contributed by atoms with Gasteiger partial charge in [0.2, 0.25) is 29.4 Å². The maximum atomic E-state index is 13.2. The van der Waals surface area contributed by atoms with Gasteiger partial charge in [-0.25, -0.2) is 0 Å². The van der Waals surface area contributed by atoms with Crippen LogP contribution in [0.15, 0.2) is 53.1 Å². The fourth-order valence-corrected chi connectivity index (χ4v) is 4.88. The lowest BCUT2D eigenvalue weighted by Crippen LogP contribution is -2.42. The van der Waals surface area contributed by atoms with E-state index in [2.05, 4.69) is 15.5 Å². The van der Waals surface area contributed by atoms with Gasteiger partial charge in [-0.2, -0.15) is 4.98 Å². The van der Waals surface area contributed by atoms with Crippen molar-refractivity contribution < 1.29 is 18.9 Å². The first kappa shape index (κ1) is 23.7. The quantitative estimate of drug-likeness (QED) is 0.587. The number of hydrogen-bond acceptors (Lipinski definition) is 6. The average molecular weight is 488 g/mol. The molecule has 2 fully saturated rings. The van der Waals surface area contributed by atoms with Gasteiger partial charge in [0.05, 0.1) is 5.92 Å². The van der Waals surface area contributed by atoms with Crippen molar-refractivity contribution in [2.75, 3.05) is 29.9 Å². The number of amides is 3. The summed E-state index contributed by atoms with van der Waals surface area (Å²) in [4.78, 5) is 45.1. The maximum absolute atomic E-state index is 13.2. The molecule has 3 aromatic rings. The molecule has 1 unspecified atom stereocenters. The molecule has 1 aromatic heterocycles. The Labute approximate surface area is 209 Å². The lowest BCUT2D eigenvalue weighted by molar-refractivity contribution is -0.136.